The number of oxazole rings is 1. The van der Waals surface area contributed by atoms with Crippen LogP contribution in [-0.2, 0) is 0 Å². The first-order chi connectivity index (χ1) is 29.7. The fourth-order valence-corrected chi connectivity index (χ4v) is 11.7. The SMILES string of the molecule is c1ccc2cc(-c3nc4c(ccc5c(-c6cccc7c(N(c8cccc9c8sc8ccccc89)c8cccc9sc%10ccccc%10c89)cccc67)cccc54)o3)ccc2c1. The van der Waals surface area contributed by atoms with E-state index in [-0.39, 0.29) is 0 Å². The molecule has 10 aromatic carbocycles. The Bertz CT molecular complexity index is 3870. The summed E-state index contributed by atoms with van der Waals surface area (Å²) in [5.74, 6) is 0.630. The second-order valence-electron chi connectivity index (χ2n) is 15.4. The van der Waals surface area contributed by atoms with E-state index in [1.807, 2.05) is 22.7 Å². The van der Waals surface area contributed by atoms with Gasteiger partial charge >= 0.3 is 0 Å². The lowest BCUT2D eigenvalue weighted by Crippen LogP contribution is -2.11. The van der Waals surface area contributed by atoms with E-state index in [0.29, 0.717) is 5.89 Å². The maximum atomic E-state index is 6.44. The standard InChI is InChI=1S/C55H32N2OS2/c1-2-13-34-32-35(29-28-33(34)12-1)55-56-53-42-20-8-17-37(39(42)30-31-48(53)58-55)36-16-7-19-40-38(36)18-9-22-45(40)57(46-23-11-27-51-52(46)44-15-4-6-26-50(44)59-51)47-24-10-21-43-41-14-3-5-25-49(41)60-54(43)47/h1-32H. The minimum atomic E-state index is 0.630. The van der Waals surface area contributed by atoms with Crippen LogP contribution < -0.4 is 4.90 Å². The zero-order chi connectivity index (χ0) is 39.3. The van der Waals surface area contributed by atoms with Crippen LogP contribution in [0, 0.1) is 0 Å². The molecule has 280 valence electrons. The van der Waals surface area contributed by atoms with Crippen molar-refractivity contribution in [3.8, 4) is 22.6 Å². The number of rotatable bonds is 5. The highest BCUT2D eigenvalue weighted by molar-refractivity contribution is 7.26. The van der Waals surface area contributed by atoms with Crippen LogP contribution in [0.4, 0.5) is 17.1 Å². The molecule has 3 heterocycles. The molecule has 0 amide bonds. The first kappa shape index (κ1) is 33.6. The third-order valence-electron chi connectivity index (χ3n) is 12.1. The van der Waals surface area contributed by atoms with Crippen molar-refractivity contribution in [2.45, 2.75) is 0 Å². The van der Waals surface area contributed by atoms with Crippen molar-refractivity contribution < 1.29 is 4.42 Å². The molecule has 0 aliphatic rings. The Morgan fingerprint density at radius 2 is 1.02 bits per heavy atom. The Hall–Kier alpha value is -7.31. The van der Waals surface area contributed by atoms with Gasteiger partial charge in [-0.2, -0.15) is 0 Å². The monoisotopic (exact) mass is 800 g/mol. The van der Waals surface area contributed by atoms with Gasteiger partial charge in [0, 0.05) is 52.0 Å². The van der Waals surface area contributed by atoms with Gasteiger partial charge in [-0.1, -0.05) is 133 Å². The molecule has 0 radical (unpaired) electrons. The highest BCUT2D eigenvalue weighted by Gasteiger charge is 2.24. The van der Waals surface area contributed by atoms with E-state index in [9.17, 15) is 0 Å². The minimum absolute atomic E-state index is 0.630. The van der Waals surface area contributed by atoms with Crippen LogP contribution in [0.1, 0.15) is 0 Å². The summed E-state index contributed by atoms with van der Waals surface area (Å²) < 4.78 is 11.6. The van der Waals surface area contributed by atoms with Gasteiger partial charge in [-0.25, -0.2) is 4.98 Å². The maximum Gasteiger partial charge on any atom is 0.227 e. The van der Waals surface area contributed by atoms with Crippen LogP contribution in [0.5, 0.6) is 0 Å². The van der Waals surface area contributed by atoms with E-state index >= 15 is 0 Å². The molecule has 0 bridgehead atoms. The van der Waals surface area contributed by atoms with Gasteiger partial charge in [0.1, 0.15) is 5.52 Å². The molecule has 3 nitrogen and oxygen atoms in total. The summed E-state index contributed by atoms with van der Waals surface area (Å²) in [7, 11) is 0. The average Bonchev–Trinajstić information content (AvgIpc) is 4.03. The molecule has 5 heteroatoms. The van der Waals surface area contributed by atoms with Gasteiger partial charge in [0.25, 0.3) is 0 Å². The van der Waals surface area contributed by atoms with Crippen molar-refractivity contribution >= 4 is 123 Å². The normalized spacial score (nSPS) is 12.0. The van der Waals surface area contributed by atoms with Crippen LogP contribution in [0.3, 0.4) is 0 Å². The van der Waals surface area contributed by atoms with E-state index in [0.717, 1.165) is 38.7 Å². The molecule has 0 saturated carbocycles. The number of thiophene rings is 2. The molecular weight excluding hydrogens is 769 g/mol. The van der Waals surface area contributed by atoms with Crippen LogP contribution in [0.25, 0.3) is 106 Å². The zero-order valence-corrected chi connectivity index (χ0v) is 33.7. The van der Waals surface area contributed by atoms with Gasteiger partial charge in [0.15, 0.2) is 5.58 Å². The largest absolute Gasteiger partial charge is 0.436 e. The molecule has 0 N–H and O–H groups in total. The van der Waals surface area contributed by atoms with Crippen LogP contribution in [-0.4, -0.2) is 4.98 Å². The number of fused-ring (bicyclic) bond motifs is 11. The second-order valence-corrected chi connectivity index (χ2v) is 17.5. The fraction of sp³-hybridized carbons (Fsp3) is 0. The quantitative estimate of drug-likeness (QED) is 0.174. The summed E-state index contributed by atoms with van der Waals surface area (Å²) in [6.07, 6.45) is 0. The van der Waals surface area contributed by atoms with Gasteiger partial charge in [-0.05, 0) is 93.3 Å². The summed E-state index contributed by atoms with van der Waals surface area (Å²) in [5, 5.41) is 12.1. The summed E-state index contributed by atoms with van der Waals surface area (Å²) in [6, 6.07) is 70.4. The number of nitrogens with zero attached hydrogens (tertiary/aromatic N) is 2. The molecule has 0 saturated heterocycles. The zero-order valence-electron chi connectivity index (χ0n) is 32.1. The van der Waals surface area contributed by atoms with E-state index < -0.39 is 0 Å². The van der Waals surface area contributed by atoms with E-state index in [2.05, 4.69) is 199 Å². The number of benzene rings is 10. The van der Waals surface area contributed by atoms with Crippen molar-refractivity contribution in [2.75, 3.05) is 4.90 Å². The van der Waals surface area contributed by atoms with Gasteiger partial charge in [0.2, 0.25) is 5.89 Å². The predicted molar refractivity (Wildman–Crippen MR) is 258 cm³/mol. The van der Waals surface area contributed by atoms with Crippen molar-refractivity contribution in [1.29, 1.82) is 0 Å². The van der Waals surface area contributed by atoms with Gasteiger partial charge in [0.05, 0.1) is 21.8 Å². The van der Waals surface area contributed by atoms with Gasteiger partial charge < -0.3 is 9.32 Å². The average molecular weight is 801 g/mol. The Morgan fingerprint density at radius 1 is 0.400 bits per heavy atom. The molecule has 0 fully saturated rings. The number of hydrogen-bond donors (Lipinski definition) is 0. The molecule has 13 rings (SSSR count). The van der Waals surface area contributed by atoms with Crippen molar-refractivity contribution in [1.82, 2.24) is 4.98 Å². The lowest BCUT2D eigenvalue weighted by molar-refractivity contribution is 0.620. The molecule has 3 aromatic heterocycles. The molecule has 0 spiro atoms. The van der Waals surface area contributed by atoms with Crippen LogP contribution in [0.2, 0.25) is 0 Å². The lowest BCUT2D eigenvalue weighted by atomic mass is 9.92. The third-order valence-corrected chi connectivity index (χ3v) is 14.4. The summed E-state index contributed by atoms with van der Waals surface area (Å²) in [6.45, 7) is 0. The smallest absolute Gasteiger partial charge is 0.227 e. The molecule has 0 unspecified atom stereocenters. The number of hydrogen-bond acceptors (Lipinski definition) is 5. The molecular formula is C55H32N2OS2. The van der Waals surface area contributed by atoms with Crippen LogP contribution in [0.15, 0.2) is 199 Å². The van der Waals surface area contributed by atoms with Gasteiger partial charge in [-0.3, -0.25) is 0 Å². The Labute approximate surface area is 352 Å². The summed E-state index contributed by atoms with van der Waals surface area (Å²) in [4.78, 5) is 7.66. The highest BCUT2D eigenvalue weighted by Crippen LogP contribution is 2.51. The second kappa shape index (κ2) is 13.1. The van der Waals surface area contributed by atoms with E-state index in [1.165, 1.54) is 78.8 Å². The maximum absolute atomic E-state index is 6.44. The molecule has 0 aliphatic carbocycles. The summed E-state index contributed by atoms with van der Waals surface area (Å²) in [5.41, 5.74) is 8.46. The third kappa shape index (κ3) is 5.03. The topological polar surface area (TPSA) is 29.3 Å². The van der Waals surface area contributed by atoms with Crippen molar-refractivity contribution in [2.24, 2.45) is 0 Å². The van der Waals surface area contributed by atoms with Crippen molar-refractivity contribution in [3.05, 3.63) is 194 Å². The van der Waals surface area contributed by atoms with Crippen LogP contribution >= 0.6 is 22.7 Å². The summed E-state index contributed by atoms with van der Waals surface area (Å²) >= 11 is 3.73. The molecule has 60 heavy (non-hydrogen) atoms. The number of aromatic nitrogens is 1. The van der Waals surface area contributed by atoms with E-state index in [1.54, 1.807) is 0 Å². The fourth-order valence-electron chi connectivity index (χ4n) is 9.39. The highest BCUT2D eigenvalue weighted by atomic mass is 32.1. The molecule has 13 aromatic rings. The first-order valence-electron chi connectivity index (χ1n) is 20.2. The molecule has 0 aliphatic heterocycles. The predicted octanol–water partition coefficient (Wildman–Crippen LogP) is 16.8. The Morgan fingerprint density at radius 3 is 1.88 bits per heavy atom. The minimum Gasteiger partial charge on any atom is -0.436 e. The van der Waals surface area contributed by atoms with E-state index in [4.69, 9.17) is 9.40 Å². The first-order valence-corrected chi connectivity index (χ1v) is 21.8. The Balaban J connectivity index is 1.03. The lowest BCUT2D eigenvalue weighted by Gasteiger charge is -2.28. The number of anilines is 3. The van der Waals surface area contributed by atoms with Crippen molar-refractivity contribution in [3.63, 3.8) is 0 Å². The molecule has 0 atom stereocenters. The Kier molecular flexibility index (Phi) is 7.35. The van der Waals surface area contributed by atoms with Gasteiger partial charge in [-0.15, -0.1) is 22.7 Å².